The van der Waals surface area contributed by atoms with Crippen LogP contribution in [-0.4, -0.2) is 22.2 Å². The highest BCUT2D eigenvalue weighted by Gasteiger charge is 2.33. The number of hydrogen-bond acceptors (Lipinski definition) is 6. The maximum absolute atomic E-state index is 10.9. The summed E-state index contributed by atoms with van der Waals surface area (Å²) in [5.74, 6) is 1.75. The average Bonchev–Trinajstić information content (AvgIpc) is 2.85. The van der Waals surface area contributed by atoms with E-state index in [0.717, 1.165) is 17.6 Å². The monoisotopic (exact) mass is 285 g/mol. The molecule has 0 aromatic carbocycles. The molecule has 0 saturated carbocycles. The zero-order valence-corrected chi connectivity index (χ0v) is 12.3. The van der Waals surface area contributed by atoms with Gasteiger partial charge >= 0.3 is 0 Å². The third kappa shape index (κ3) is 4.59. The molecule has 0 bridgehead atoms. The van der Waals surface area contributed by atoms with Crippen molar-refractivity contribution >= 4 is 28.7 Å². The summed E-state index contributed by atoms with van der Waals surface area (Å²) in [6, 6.07) is 0. The Balaban J connectivity index is 0.000000191. The lowest BCUT2D eigenvalue weighted by molar-refractivity contribution is -0.119. The van der Waals surface area contributed by atoms with E-state index in [1.807, 2.05) is 27.7 Å². The largest absolute Gasteiger partial charge is 0.361 e. The van der Waals surface area contributed by atoms with Gasteiger partial charge in [-0.1, -0.05) is 39.5 Å². The summed E-state index contributed by atoms with van der Waals surface area (Å²) in [6.07, 6.45) is 0. The normalized spacial score (nSPS) is 21.7. The number of hydroxylamine groups is 1. The van der Waals surface area contributed by atoms with E-state index < -0.39 is 0 Å². The van der Waals surface area contributed by atoms with Crippen molar-refractivity contribution in [2.45, 2.75) is 32.9 Å². The smallest absolute Gasteiger partial charge is 0.286 e. The first kappa shape index (κ1) is 15.6. The second-order valence-corrected chi connectivity index (χ2v) is 5.92. The van der Waals surface area contributed by atoms with Crippen LogP contribution in [0.25, 0.3) is 0 Å². The van der Waals surface area contributed by atoms with Crippen molar-refractivity contribution < 1.29 is 14.4 Å². The molecule has 1 unspecified atom stereocenters. The van der Waals surface area contributed by atoms with Crippen molar-refractivity contribution in [1.29, 1.82) is 0 Å². The Bertz CT molecular complexity index is 418. The first-order chi connectivity index (χ1) is 8.81. The molecule has 2 aliphatic rings. The maximum Gasteiger partial charge on any atom is 0.286 e. The number of aliphatic imine (C=N–C) groups is 1. The molecule has 6 nitrogen and oxygen atoms in total. The molecular formula is C12H19N3O3S. The molecule has 2 amide bonds. The summed E-state index contributed by atoms with van der Waals surface area (Å²) in [7, 11) is 0. The van der Waals surface area contributed by atoms with Crippen LogP contribution in [0.4, 0.5) is 4.79 Å². The fourth-order valence-electron chi connectivity index (χ4n) is 1.35. The van der Waals surface area contributed by atoms with Gasteiger partial charge in [-0.2, -0.15) is 4.99 Å². The number of imide groups is 1. The first-order valence-electron chi connectivity index (χ1n) is 6.03. The Morgan fingerprint density at radius 2 is 1.95 bits per heavy atom. The molecule has 0 aliphatic carbocycles. The van der Waals surface area contributed by atoms with Crippen LogP contribution >= 0.6 is 11.8 Å². The van der Waals surface area contributed by atoms with Gasteiger partial charge in [0.05, 0.1) is 5.25 Å². The molecule has 0 aromatic heterocycles. The minimum atomic E-state index is -0.219. The van der Waals surface area contributed by atoms with Gasteiger partial charge < -0.3 is 4.84 Å². The van der Waals surface area contributed by atoms with Gasteiger partial charge in [0.2, 0.25) is 11.8 Å². The van der Waals surface area contributed by atoms with Crippen LogP contribution in [0.1, 0.15) is 27.7 Å². The molecule has 1 fully saturated rings. The van der Waals surface area contributed by atoms with Crippen LogP contribution in [0.5, 0.6) is 0 Å². The molecule has 106 valence electrons. The minimum absolute atomic E-state index is 0.148. The number of nitrogens with zero attached hydrogens (tertiary/aromatic N) is 1. The molecule has 1 saturated heterocycles. The summed E-state index contributed by atoms with van der Waals surface area (Å²) >= 11 is 1.08. The van der Waals surface area contributed by atoms with Gasteiger partial charge in [-0.3, -0.25) is 14.9 Å². The van der Waals surface area contributed by atoms with E-state index in [1.165, 1.54) is 0 Å². The molecule has 2 aliphatic heterocycles. The molecular weight excluding hydrogens is 266 g/mol. The van der Waals surface area contributed by atoms with Gasteiger partial charge in [0.25, 0.3) is 5.24 Å². The number of amides is 2. The van der Waals surface area contributed by atoms with Gasteiger partial charge in [0.1, 0.15) is 5.84 Å². The Hall–Kier alpha value is -1.50. The van der Waals surface area contributed by atoms with Crippen molar-refractivity contribution in [3.8, 4) is 0 Å². The topological polar surface area (TPSA) is 79.8 Å². The van der Waals surface area contributed by atoms with Crippen LogP contribution in [0, 0.1) is 11.8 Å². The Morgan fingerprint density at radius 1 is 1.32 bits per heavy atom. The van der Waals surface area contributed by atoms with Crippen LogP contribution in [0.2, 0.25) is 0 Å². The predicted octanol–water partition coefficient (Wildman–Crippen LogP) is 2.04. The molecule has 2 heterocycles. The lowest BCUT2D eigenvalue weighted by atomic mass is 10.1. The van der Waals surface area contributed by atoms with E-state index in [0.29, 0.717) is 11.8 Å². The average molecular weight is 285 g/mol. The number of carbonyl (C=O) groups excluding carboxylic acids is 2. The summed E-state index contributed by atoms with van der Waals surface area (Å²) < 4.78 is 0. The van der Waals surface area contributed by atoms with E-state index in [9.17, 15) is 9.59 Å². The summed E-state index contributed by atoms with van der Waals surface area (Å²) in [6.45, 7) is 11.4. The predicted molar refractivity (Wildman–Crippen MR) is 75.4 cm³/mol. The third-order valence-corrected chi connectivity index (χ3v) is 3.72. The maximum atomic E-state index is 10.9. The van der Waals surface area contributed by atoms with Crippen LogP contribution in [-0.2, 0) is 9.63 Å². The quantitative estimate of drug-likeness (QED) is 0.811. The van der Waals surface area contributed by atoms with Gasteiger partial charge in [0.15, 0.2) is 0 Å². The molecule has 0 aromatic rings. The third-order valence-electron chi connectivity index (χ3n) is 2.39. The molecule has 2 rings (SSSR count). The van der Waals surface area contributed by atoms with Crippen LogP contribution in [0.15, 0.2) is 17.5 Å². The molecule has 0 spiro atoms. The van der Waals surface area contributed by atoms with Crippen LogP contribution < -0.4 is 10.8 Å². The molecule has 0 radical (unpaired) electrons. The zero-order chi connectivity index (χ0) is 14.6. The minimum Gasteiger partial charge on any atom is -0.361 e. The van der Waals surface area contributed by atoms with Gasteiger partial charge in [-0.05, 0) is 12.5 Å². The molecule has 19 heavy (non-hydrogen) atoms. The summed E-state index contributed by atoms with van der Waals surface area (Å²) in [4.78, 5) is 30.2. The lowest BCUT2D eigenvalue weighted by Gasteiger charge is -2.06. The highest BCUT2D eigenvalue weighted by atomic mass is 32.2. The van der Waals surface area contributed by atoms with Crippen molar-refractivity contribution in [3.63, 3.8) is 0 Å². The lowest BCUT2D eigenvalue weighted by Crippen LogP contribution is -2.27. The van der Waals surface area contributed by atoms with Crippen LogP contribution in [0.3, 0.4) is 0 Å². The Labute approximate surface area is 117 Å². The second-order valence-electron chi connectivity index (χ2n) is 4.81. The number of thioether (sulfide) groups is 1. The number of nitrogens with one attached hydrogen (secondary N) is 2. The molecule has 7 heteroatoms. The Kier molecular flexibility index (Phi) is 5.41. The zero-order valence-electron chi connectivity index (χ0n) is 11.5. The van der Waals surface area contributed by atoms with Crippen molar-refractivity contribution in [3.05, 3.63) is 12.5 Å². The SMILES string of the molecule is C=C1N=C(C(C)C)NO1.CC(C)C1SC(=O)NC1=O. The highest BCUT2D eigenvalue weighted by Crippen LogP contribution is 2.24. The molecule has 2 N–H and O–H groups in total. The van der Waals surface area contributed by atoms with Gasteiger partial charge in [0, 0.05) is 5.92 Å². The fourth-order valence-corrected chi connectivity index (χ4v) is 2.18. The molecule has 1 atom stereocenters. The number of hydrogen-bond donors (Lipinski definition) is 2. The van der Waals surface area contributed by atoms with Crippen molar-refractivity contribution in [2.24, 2.45) is 16.8 Å². The van der Waals surface area contributed by atoms with E-state index in [1.54, 1.807) is 0 Å². The summed E-state index contributed by atoms with van der Waals surface area (Å²) in [5.41, 5.74) is 2.66. The number of amidine groups is 1. The summed E-state index contributed by atoms with van der Waals surface area (Å²) in [5, 5.41) is 1.84. The van der Waals surface area contributed by atoms with E-state index in [-0.39, 0.29) is 22.3 Å². The Morgan fingerprint density at radius 3 is 2.16 bits per heavy atom. The van der Waals surface area contributed by atoms with Crippen molar-refractivity contribution in [2.75, 3.05) is 0 Å². The fraction of sp³-hybridized carbons (Fsp3) is 0.583. The van der Waals surface area contributed by atoms with Crippen molar-refractivity contribution in [1.82, 2.24) is 10.8 Å². The van der Waals surface area contributed by atoms with E-state index in [4.69, 9.17) is 4.84 Å². The standard InChI is InChI=1S/C6H10N2O.C6H9NO2S/c1-4(2)6-7-5(3)9-8-6;1-3(2)4-5(8)7-6(9)10-4/h4H,3H2,1-2H3,(H,7,8);3-4H,1-2H3,(H,7,8,9). The number of carbonyl (C=O) groups is 2. The van der Waals surface area contributed by atoms with E-state index in [2.05, 4.69) is 22.4 Å². The van der Waals surface area contributed by atoms with E-state index >= 15 is 0 Å². The highest BCUT2D eigenvalue weighted by molar-refractivity contribution is 8.15. The van der Waals surface area contributed by atoms with Gasteiger partial charge in [-0.25, -0.2) is 5.48 Å². The number of rotatable bonds is 2. The first-order valence-corrected chi connectivity index (χ1v) is 6.91. The van der Waals surface area contributed by atoms with Gasteiger partial charge in [-0.15, -0.1) is 0 Å². The second kappa shape index (κ2) is 6.60.